The molecule has 0 aromatic heterocycles. The molecule has 3 fully saturated rings. The Bertz CT molecular complexity index is 613. The minimum Gasteiger partial charge on any atom is -0.341 e. The van der Waals surface area contributed by atoms with Gasteiger partial charge in [0, 0.05) is 25.7 Å². The van der Waals surface area contributed by atoms with Crippen LogP contribution in [0, 0.1) is 17.8 Å². The Morgan fingerprint density at radius 3 is 2.46 bits per heavy atom. The standard InChI is InChI=1S/C22H33N3O.2ClH/c23-21-19-10-9-18(16-19)20(21)22(26)25-13-5-12-24(14-15-25)11-4-8-17-6-2-1-3-7-17;;/h1-3,6-7,18-21H,4-5,8-16,23H2;2*1H/t18-,19+,20-,21+;;/m1../s1. The molecule has 1 aromatic rings. The van der Waals surface area contributed by atoms with Crippen molar-refractivity contribution in [2.24, 2.45) is 23.5 Å². The smallest absolute Gasteiger partial charge is 0.227 e. The Balaban J connectivity index is 0.00000140. The molecule has 3 aliphatic rings. The molecule has 4 rings (SSSR count). The first-order chi connectivity index (χ1) is 12.7. The van der Waals surface area contributed by atoms with E-state index in [4.69, 9.17) is 5.73 Å². The molecule has 2 aliphatic carbocycles. The van der Waals surface area contributed by atoms with Gasteiger partial charge in [0.1, 0.15) is 0 Å². The van der Waals surface area contributed by atoms with Crippen LogP contribution in [0.2, 0.25) is 0 Å². The number of hydrogen-bond acceptors (Lipinski definition) is 3. The first kappa shape index (κ1) is 23.5. The zero-order chi connectivity index (χ0) is 17.9. The van der Waals surface area contributed by atoms with Crippen molar-refractivity contribution in [2.45, 2.75) is 44.6 Å². The van der Waals surface area contributed by atoms with Crippen molar-refractivity contribution >= 4 is 30.7 Å². The summed E-state index contributed by atoms with van der Waals surface area (Å²) in [6.07, 6.45) is 7.07. The van der Waals surface area contributed by atoms with E-state index >= 15 is 0 Å². The van der Waals surface area contributed by atoms with E-state index < -0.39 is 0 Å². The summed E-state index contributed by atoms with van der Waals surface area (Å²) >= 11 is 0. The molecule has 1 amide bonds. The lowest BCUT2D eigenvalue weighted by Gasteiger charge is -2.32. The van der Waals surface area contributed by atoms with Crippen LogP contribution in [-0.2, 0) is 11.2 Å². The molecule has 0 unspecified atom stereocenters. The monoisotopic (exact) mass is 427 g/mol. The van der Waals surface area contributed by atoms with Crippen LogP contribution in [0.15, 0.2) is 30.3 Å². The van der Waals surface area contributed by atoms with E-state index in [-0.39, 0.29) is 36.8 Å². The highest BCUT2D eigenvalue weighted by molar-refractivity contribution is 5.85. The lowest BCUT2D eigenvalue weighted by Crippen LogP contribution is -2.48. The average Bonchev–Trinajstić information content (AvgIpc) is 3.16. The van der Waals surface area contributed by atoms with Gasteiger partial charge in [0.25, 0.3) is 0 Å². The number of halogens is 2. The fourth-order valence-corrected chi connectivity index (χ4v) is 5.48. The number of nitrogens with zero attached hydrogens (tertiary/aromatic N) is 2. The maximum Gasteiger partial charge on any atom is 0.227 e. The maximum absolute atomic E-state index is 13.1. The normalized spacial score (nSPS) is 29.7. The van der Waals surface area contributed by atoms with Crippen LogP contribution in [-0.4, -0.2) is 54.5 Å². The summed E-state index contributed by atoms with van der Waals surface area (Å²) in [5, 5.41) is 0. The molecular weight excluding hydrogens is 393 g/mol. The second-order valence-corrected chi connectivity index (χ2v) is 8.55. The topological polar surface area (TPSA) is 49.6 Å². The van der Waals surface area contributed by atoms with Gasteiger partial charge in [-0.1, -0.05) is 30.3 Å². The third-order valence-electron chi connectivity index (χ3n) is 6.95. The molecule has 0 radical (unpaired) electrons. The number of aryl methyl sites for hydroxylation is 1. The van der Waals surface area contributed by atoms with Crippen LogP contribution in [0.4, 0.5) is 0 Å². The van der Waals surface area contributed by atoms with Crippen LogP contribution in [0.1, 0.15) is 37.7 Å². The predicted octanol–water partition coefficient (Wildman–Crippen LogP) is 3.37. The summed E-state index contributed by atoms with van der Waals surface area (Å²) in [4.78, 5) is 17.8. The third-order valence-corrected chi connectivity index (χ3v) is 6.95. The van der Waals surface area contributed by atoms with Gasteiger partial charge < -0.3 is 15.5 Å². The largest absolute Gasteiger partial charge is 0.341 e. The Hall–Kier alpha value is -0.810. The number of benzene rings is 1. The van der Waals surface area contributed by atoms with Crippen molar-refractivity contribution in [3.05, 3.63) is 35.9 Å². The van der Waals surface area contributed by atoms with Crippen LogP contribution >= 0.6 is 24.8 Å². The molecule has 4 nitrogen and oxygen atoms in total. The number of hydrogen-bond donors (Lipinski definition) is 1. The van der Waals surface area contributed by atoms with Crippen molar-refractivity contribution in [3.8, 4) is 0 Å². The van der Waals surface area contributed by atoms with E-state index in [2.05, 4.69) is 40.1 Å². The van der Waals surface area contributed by atoms with Gasteiger partial charge in [0.15, 0.2) is 0 Å². The zero-order valence-electron chi connectivity index (χ0n) is 16.7. The molecule has 2 bridgehead atoms. The van der Waals surface area contributed by atoms with Crippen LogP contribution in [0.5, 0.6) is 0 Å². The van der Waals surface area contributed by atoms with E-state index in [9.17, 15) is 4.79 Å². The lowest BCUT2D eigenvalue weighted by molar-refractivity contribution is -0.137. The van der Waals surface area contributed by atoms with Gasteiger partial charge >= 0.3 is 0 Å². The number of carbonyl (C=O) groups is 1. The van der Waals surface area contributed by atoms with Crippen LogP contribution < -0.4 is 5.73 Å². The Morgan fingerprint density at radius 2 is 1.75 bits per heavy atom. The first-order valence-electron chi connectivity index (χ1n) is 10.5. The molecule has 1 saturated heterocycles. The molecule has 1 aliphatic heterocycles. The van der Waals surface area contributed by atoms with E-state index in [0.29, 0.717) is 17.7 Å². The number of fused-ring (bicyclic) bond motifs is 2. The molecule has 2 saturated carbocycles. The van der Waals surface area contributed by atoms with Crippen LogP contribution in [0.25, 0.3) is 0 Å². The Morgan fingerprint density at radius 1 is 1.00 bits per heavy atom. The van der Waals surface area contributed by atoms with Crippen molar-refractivity contribution < 1.29 is 4.79 Å². The highest BCUT2D eigenvalue weighted by atomic mass is 35.5. The molecule has 4 atom stereocenters. The van der Waals surface area contributed by atoms with Crippen molar-refractivity contribution in [1.29, 1.82) is 0 Å². The molecule has 1 aromatic carbocycles. The second kappa shape index (κ2) is 10.8. The lowest BCUT2D eigenvalue weighted by atomic mass is 9.84. The summed E-state index contributed by atoms with van der Waals surface area (Å²) in [6, 6.07) is 10.8. The predicted molar refractivity (Wildman–Crippen MR) is 119 cm³/mol. The van der Waals surface area contributed by atoms with Gasteiger partial charge in [-0.2, -0.15) is 0 Å². The maximum atomic E-state index is 13.1. The van der Waals surface area contributed by atoms with Gasteiger partial charge in [-0.05, 0) is 69.0 Å². The average molecular weight is 428 g/mol. The molecule has 1 heterocycles. The van der Waals surface area contributed by atoms with Crippen molar-refractivity contribution in [3.63, 3.8) is 0 Å². The number of amides is 1. The van der Waals surface area contributed by atoms with Gasteiger partial charge in [-0.15, -0.1) is 24.8 Å². The van der Waals surface area contributed by atoms with Crippen molar-refractivity contribution in [2.75, 3.05) is 32.7 Å². The minimum atomic E-state index is 0. The molecule has 28 heavy (non-hydrogen) atoms. The number of nitrogens with two attached hydrogens (primary N) is 1. The quantitative estimate of drug-likeness (QED) is 0.783. The fraction of sp³-hybridized carbons (Fsp3) is 0.682. The summed E-state index contributed by atoms with van der Waals surface area (Å²) < 4.78 is 0. The summed E-state index contributed by atoms with van der Waals surface area (Å²) in [7, 11) is 0. The van der Waals surface area contributed by atoms with Gasteiger partial charge in [-0.3, -0.25) is 4.79 Å². The molecule has 0 spiro atoms. The van der Waals surface area contributed by atoms with E-state index in [0.717, 1.165) is 45.6 Å². The van der Waals surface area contributed by atoms with Gasteiger partial charge in [-0.25, -0.2) is 0 Å². The highest BCUT2D eigenvalue weighted by Gasteiger charge is 2.50. The van der Waals surface area contributed by atoms with E-state index in [1.165, 1.54) is 31.2 Å². The SMILES string of the molecule is Cl.Cl.N[C@H]1[C@H]2CC[C@H](C2)[C@H]1C(=O)N1CCCN(CCCc2ccccc2)CC1. The fourth-order valence-electron chi connectivity index (χ4n) is 5.48. The third kappa shape index (κ3) is 5.21. The number of rotatable bonds is 5. The van der Waals surface area contributed by atoms with Crippen molar-refractivity contribution in [1.82, 2.24) is 9.80 Å². The Kier molecular flexibility index (Phi) is 9.07. The summed E-state index contributed by atoms with van der Waals surface area (Å²) in [5.41, 5.74) is 7.82. The minimum absolute atomic E-state index is 0. The summed E-state index contributed by atoms with van der Waals surface area (Å²) in [5.74, 6) is 1.64. The van der Waals surface area contributed by atoms with Gasteiger partial charge in [0.05, 0.1) is 5.92 Å². The van der Waals surface area contributed by atoms with Gasteiger partial charge in [0.2, 0.25) is 5.91 Å². The number of carbonyl (C=O) groups excluding carboxylic acids is 1. The molecule has 2 N–H and O–H groups in total. The molecular formula is C22H35Cl2N3O. The second-order valence-electron chi connectivity index (χ2n) is 8.55. The van der Waals surface area contributed by atoms with Crippen LogP contribution in [0.3, 0.4) is 0 Å². The van der Waals surface area contributed by atoms with E-state index in [1.807, 2.05) is 0 Å². The summed E-state index contributed by atoms with van der Waals surface area (Å²) in [6.45, 7) is 5.04. The molecule has 6 heteroatoms. The molecule has 158 valence electrons. The first-order valence-corrected chi connectivity index (χ1v) is 10.5. The van der Waals surface area contributed by atoms with E-state index in [1.54, 1.807) is 0 Å². The Labute approximate surface area is 182 Å². The zero-order valence-corrected chi connectivity index (χ0v) is 18.3. The highest BCUT2D eigenvalue weighted by Crippen LogP contribution is 2.48.